The molecular weight excluding hydrogens is 1170 g/mol. The van der Waals surface area contributed by atoms with Crippen molar-refractivity contribution in [2.45, 2.75) is 214 Å². The number of rotatable bonds is 24. The fourth-order valence-electron chi connectivity index (χ4n) is 10.4. The maximum absolute atomic E-state index is 14.6. The number of nitrogens with one attached hydrogen (secondary N) is 9. The smallest absolute Gasteiger partial charge is 0.246 e. The Morgan fingerprint density at radius 1 is 0.692 bits per heavy atom. The Hall–Kier alpha value is -8.42. The van der Waals surface area contributed by atoms with Gasteiger partial charge in [-0.2, -0.15) is 0 Å². The van der Waals surface area contributed by atoms with Crippen molar-refractivity contribution < 1.29 is 67.1 Å². The minimum Gasteiger partial charge on any atom is -0.370 e. The van der Waals surface area contributed by atoms with Gasteiger partial charge >= 0.3 is 0 Å². The second kappa shape index (κ2) is 36.4. The summed E-state index contributed by atoms with van der Waals surface area (Å²) in [6, 6.07) is -1.57. The summed E-state index contributed by atoms with van der Waals surface area (Å²) in [7, 11) is 0. The number of nitrogens with two attached hydrogens (primary N) is 2. The third-order valence-corrected chi connectivity index (χ3v) is 16.2. The van der Waals surface area contributed by atoms with E-state index in [1.807, 2.05) is 38.1 Å². The van der Waals surface area contributed by atoms with Crippen LogP contribution in [0.15, 0.2) is 30.5 Å². The molecule has 2 heterocycles. The zero-order valence-electron chi connectivity index (χ0n) is 54.7. The molecule has 0 aliphatic carbocycles. The number of Topliss-reactive ketones (excluding diaryl/α,β-unsaturated/α-hetero) is 6. The topological polar surface area (TPSA) is 403 Å². The molecule has 1 aliphatic rings. The summed E-state index contributed by atoms with van der Waals surface area (Å²) in [6.45, 7) is 17.6. The van der Waals surface area contributed by atoms with E-state index in [1.54, 1.807) is 20.0 Å². The minimum absolute atomic E-state index is 0.0235. The summed E-state index contributed by atoms with van der Waals surface area (Å²) in [5.41, 5.74) is 9.42. The summed E-state index contributed by atoms with van der Waals surface area (Å²) in [5.74, 6) is -1.57. The van der Waals surface area contributed by atoms with Crippen LogP contribution in [0.3, 0.4) is 0 Å². The predicted molar refractivity (Wildman–Crippen MR) is 340 cm³/mol. The van der Waals surface area contributed by atoms with Gasteiger partial charge in [-0.05, 0) is 130 Å². The number of fused-ring (bicyclic) bond motifs is 1. The summed E-state index contributed by atoms with van der Waals surface area (Å²) in [6.07, 6.45) is 3.22. The Morgan fingerprint density at radius 3 is 1.85 bits per heavy atom. The third-order valence-electron chi connectivity index (χ3n) is 16.2. The van der Waals surface area contributed by atoms with Crippen molar-refractivity contribution in [2.75, 3.05) is 13.1 Å². The highest BCUT2D eigenvalue weighted by Crippen LogP contribution is 2.34. The highest BCUT2D eigenvalue weighted by atomic mass is 16.2. The van der Waals surface area contributed by atoms with E-state index in [0.717, 1.165) is 16.5 Å². The summed E-state index contributed by atoms with van der Waals surface area (Å²) in [5, 5.41) is 22.0. The number of aromatic amines is 1. The molecular formula is C66H95N11O14. The fraction of sp³-hybridized carbons (Fsp3) is 0.606. The lowest BCUT2D eigenvalue weighted by Gasteiger charge is -2.33. The molecule has 25 nitrogen and oxygen atoms in total. The predicted octanol–water partition coefficient (Wildman–Crippen LogP) is 1.68. The van der Waals surface area contributed by atoms with Crippen molar-refractivity contribution in [3.8, 4) is 23.7 Å². The van der Waals surface area contributed by atoms with Crippen molar-refractivity contribution in [3.05, 3.63) is 36.0 Å². The number of H-pyrrole nitrogens is 1. The molecule has 3 unspecified atom stereocenters. The Labute approximate surface area is 533 Å². The minimum atomic E-state index is -1.74. The van der Waals surface area contributed by atoms with Gasteiger partial charge in [0, 0.05) is 79.5 Å². The molecule has 8 amide bonds. The standard InChI is InChI=1S/C66H95N11O14/c1-37(2)30-48-36-71-51(26-27-53(67)80)57(84)56(83)42(7)73-62(89)46(31-47-35-70-50-25-21-20-24-49(47)50)32-52(79)65(11,33-39(4)78)28-22-18-16-14-13-15-17-19-23-29-66(12,77-63(48)90)64(91)76-45(10)61(88)75-44(9)60(87)74-43(8)59(86)72-41(6)55(82)54(81)40(5)69-34-38(3)58(68)85/h20-21,24-25,35,37-38,40-46,48,51,69-71H,16,18-19,22-23,26-34,36H2,1-12H3,(H2,67,80)(H2,68,85)(H,72,86)(H,73,89)(H,74,87)(H,75,88)(H,76,91)(H,77,90)/t38-,40-,41-,42?,43?,44-,45?,46+,48+,51-,65-,66-/m0/s1. The van der Waals surface area contributed by atoms with E-state index in [4.69, 9.17) is 11.5 Å². The van der Waals surface area contributed by atoms with Crippen LogP contribution in [0.25, 0.3) is 10.9 Å². The Morgan fingerprint density at radius 2 is 1.26 bits per heavy atom. The van der Waals surface area contributed by atoms with E-state index in [2.05, 4.69) is 71.2 Å². The van der Waals surface area contributed by atoms with E-state index >= 15 is 0 Å². The highest BCUT2D eigenvalue weighted by molar-refractivity contribution is 6.41. The van der Waals surface area contributed by atoms with E-state index in [-0.39, 0.29) is 88.4 Å². The van der Waals surface area contributed by atoms with Crippen LogP contribution in [0.1, 0.15) is 166 Å². The third kappa shape index (κ3) is 24.7. The number of aromatic nitrogens is 1. The lowest BCUT2D eigenvalue weighted by molar-refractivity contribution is -0.141. The van der Waals surface area contributed by atoms with Crippen molar-refractivity contribution >= 4 is 92.9 Å². The van der Waals surface area contributed by atoms with Gasteiger partial charge in [0.1, 0.15) is 35.2 Å². The number of para-hydroxylation sites is 1. The molecule has 1 aromatic carbocycles. The first-order valence-corrected chi connectivity index (χ1v) is 31.2. The second-order valence-electron chi connectivity index (χ2n) is 25.1. The molecule has 25 heteroatoms. The molecule has 3 rings (SSSR count). The molecule has 1 aliphatic heterocycles. The largest absolute Gasteiger partial charge is 0.370 e. The normalized spacial score (nSPS) is 23.1. The lowest BCUT2D eigenvalue weighted by atomic mass is 9.73. The van der Waals surface area contributed by atoms with Gasteiger partial charge < -0.3 is 59.0 Å². The number of primary amides is 2. The highest BCUT2D eigenvalue weighted by Gasteiger charge is 2.41. The molecule has 0 saturated carbocycles. The summed E-state index contributed by atoms with van der Waals surface area (Å²) < 4.78 is 0. The van der Waals surface area contributed by atoms with E-state index in [9.17, 15) is 67.1 Å². The SMILES string of the molecule is CC(=O)C[C@]1(C)CCCCC#CC#CCCC[C@@](C)(C(=O)NC(C)C(=O)N[C@@H](C)C(=O)NC(C)C(=O)N[C@@H](C)C(=O)C(=O)[C@H](C)NC[C@H](C)C(N)=O)NC(=O)[C@H](CC(C)C)CN[C@@H](CCC(N)=O)C(=O)C(=O)C(C)NC(=O)[C@H](Cc2c[nH]c3ccccc23)CC1=O. The van der Waals surface area contributed by atoms with Crippen molar-refractivity contribution in [3.63, 3.8) is 0 Å². The van der Waals surface area contributed by atoms with E-state index in [0.29, 0.717) is 25.7 Å². The van der Waals surface area contributed by atoms with Crippen LogP contribution in [-0.4, -0.2) is 148 Å². The maximum atomic E-state index is 14.6. The first kappa shape index (κ1) is 76.8. The van der Waals surface area contributed by atoms with Gasteiger partial charge in [-0.25, -0.2) is 0 Å². The van der Waals surface area contributed by atoms with Crippen LogP contribution in [-0.2, 0) is 73.5 Å². The van der Waals surface area contributed by atoms with Gasteiger partial charge in [0.05, 0.1) is 30.1 Å². The zero-order chi connectivity index (χ0) is 68.5. The lowest BCUT2D eigenvalue weighted by Crippen LogP contribution is -2.62. The molecule has 2 aromatic rings. The van der Waals surface area contributed by atoms with Crippen molar-refractivity contribution in [1.29, 1.82) is 0 Å². The number of carbonyl (C=O) groups excluding carboxylic acids is 14. The Balaban J connectivity index is 1.91. The van der Waals surface area contributed by atoms with Crippen molar-refractivity contribution in [1.82, 2.24) is 47.5 Å². The van der Waals surface area contributed by atoms with Crippen LogP contribution in [0.4, 0.5) is 0 Å². The van der Waals surface area contributed by atoms with Gasteiger partial charge in [0.25, 0.3) is 0 Å². The molecule has 0 saturated heterocycles. The number of hydrogen-bond acceptors (Lipinski definition) is 16. The molecule has 0 radical (unpaired) electrons. The van der Waals surface area contributed by atoms with Crippen LogP contribution in [0, 0.1) is 52.8 Å². The average Bonchev–Trinajstić information content (AvgIpc) is 1.91. The number of hydrogen-bond donors (Lipinski definition) is 11. The monoisotopic (exact) mass is 1270 g/mol. The molecule has 12 atom stereocenters. The molecule has 0 spiro atoms. The first-order chi connectivity index (χ1) is 42.6. The summed E-state index contributed by atoms with van der Waals surface area (Å²) in [4.78, 5) is 191. The quantitative estimate of drug-likeness (QED) is 0.0526. The number of ketones is 6. The number of benzene rings is 1. The van der Waals surface area contributed by atoms with Crippen LogP contribution in [0.5, 0.6) is 0 Å². The van der Waals surface area contributed by atoms with Crippen LogP contribution in [0.2, 0.25) is 0 Å². The molecule has 1 aromatic heterocycles. The van der Waals surface area contributed by atoms with Crippen LogP contribution >= 0.6 is 0 Å². The van der Waals surface area contributed by atoms with Crippen molar-refractivity contribution in [2.24, 2.45) is 40.6 Å². The number of carbonyl (C=O) groups is 14. The van der Waals surface area contributed by atoms with Gasteiger partial charge in [0.15, 0.2) is 0 Å². The molecule has 0 fully saturated rings. The van der Waals surface area contributed by atoms with E-state index in [1.165, 1.54) is 55.4 Å². The second-order valence-corrected chi connectivity index (χ2v) is 25.1. The van der Waals surface area contributed by atoms with E-state index < -0.39 is 141 Å². The van der Waals surface area contributed by atoms with Gasteiger partial charge in [0.2, 0.25) is 70.4 Å². The number of amides is 8. The molecule has 13 N–H and O–H groups in total. The average molecular weight is 1270 g/mol. The van der Waals surface area contributed by atoms with Gasteiger partial charge in [-0.1, -0.05) is 64.2 Å². The van der Waals surface area contributed by atoms with Crippen LogP contribution < -0.4 is 54.0 Å². The fourth-order valence-corrected chi connectivity index (χ4v) is 10.4. The van der Waals surface area contributed by atoms with Gasteiger partial charge in [-0.15, -0.1) is 0 Å². The van der Waals surface area contributed by atoms with Gasteiger partial charge in [-0.3, -0.25) is 67.1 Å². The zero-order valence-corrected chi connectivity index (χ0v) is 54.7. The maximum Gasteiger partial charge on any atom is 0.246 e. The Kier molecular flexibility index (Phi) is 30.8. The Bertz CT molecular complexity index is 3150. The molecule has 498 valence electrons. The molecule has 91 heavy (non-hydrogen) atoms. The first-order valence-electron chi connectivity index (χ1n) is 31.2. The summed E-state index contributed by atoms with van der Waals surface area (Å²) >= 11 is 0. The molecule has 0 bridgehead atoms.